The minimum Gasteiger partial charge on any atom is -0.507 e. The van der Waals surface area contributed by atoms with Crippen molar-refractivity contribution < 1.29 is 34.5 Å². The molecule has 2 rings (SSSR count). The van der Waals surface area contributed by atoms with E-state index in [2.05, 4.69) is 0 Å². The fourth-order valence-corrected chi connectivity index (χ4v) is 3.59. The Morgan fingerprint density at radius 3 is 1.76 bits per heavy atom. The van der Waals surface area contributed by atoms with Crippen molar-refractivity contribution >= 4 is 23.5 Å². The molecular weight excluding hydrogens is 376 g/mol. The number of hydrogen-bond acceptors (Lipinski definition) is 5. The van der Waals surface area contributed by atoms with Crippen LogP contribution in [-0.2, 0) is 9.59 Å². The second-order valence-corrected chi connectivity index (χ2v) is 7.22. The molecule has 3 N–H and O–H groups in total. The second-order valence-electron chi connectivity index (χ2n) is 7.22. The lowest BCUT2D eigenvalue weighted by molar-refractivity contribution is -0.138. The Kier molecular flexibility index (Phi) is 8.12. The zero-order valence-electron chi connectivity index (χ0n) is 16.3. The smallest absolute Gasteiger partial charge is 0.303 e. The average Bonchev–Trinajstić information content (AvgIpc) is 2.66. The molecule has 1 aliphatic rings. The number of aromatic hydroxyl groups is 1. The number of benzene rings is 1. The fourth-order valence-electron chi connectivity index (χ4n) is 3.59. The molecule has 0 fully saturated rings. The van der Waals surface area contributed by atoms with Crippen LogP contribution in [0.4, 0.5) is 0 Å². The second kappa shape index (κ2) is 10.5. The summed E-state index contributed by atoms with van der Waals surface area (Å²) in [4.78, 5) is 47.2. The van der Waals surface area contributed by atoms with E-state index in [-0.39, 0.29) is 41.3 Å². The van der Waals surface area contributed by atoms with Crippen LogP contribution in [0.2, 0.25) is 0 Å². The molecule has 1 aromatic rings. The number of Topliss-reactive ketones (excluding diaryl/α,β-unsaturated/α-hetero) is 2. The van der Waals surface area contributed by atoms with Crippen molar-refractivity contribution in [1.82, 2.24) is 0 Å². The van der Waals surface area contributed by atoms with Gasteiger partial charge in [-0.05, 0) is 44.6 Å². The number of ketones is 2. The SMILES string of the molecule is O=C(O)CCCCCC1=C(CCCCCC(=O)O)C(=O)c2c(O)cccc2C1=O. The number of carbonyl (C=O) groups is 4. The molecular formula is C22H26O7. The molecule has 0 amide bonds. The summed E-state index contributed by atoms with van der Waals surface area (Å²) < 4.78 is 0. The topological polar surface area (TPSA) is 129 Å². The molecule has 0 saturated heterocycles. The number of fused-ring (bicyclic) bond motifs is 1. The van der Waals surface area contributed by atoms with E-state index in [9.17, 15) is 24.3 Å². The third-order valence-electron chi connectivity index (χ3n) is 5.06. The highest BCUT2D eigenvalue weighted by Crippen LogP contribution is 2.36. The normalized spacial score (nSPS) is 13.5. The van der Waals surface area contributed by atoms with Gasteiger partial charge in [-0.25, -0.2) is 0 Å². The van der Waals surface area contributed by atoms with Gasteiger partial charge >= 0.3 is 11.9 Å². The number of phenols is 1. The lowest BCUT2D eigenvalue weighted by Crippen LogP contribution is -2.22. The maximum absolute atomic E-state index is 13.0. The number of carboxylic acids is 2. The van der Waals surface area contributed by atoms with Crippen molar-refractivity contribution in [3.63, 3.8) is 0 Å². The van der Waals surface area contributed by atoms with Gasteiger partial charge in [0.1, 0.15) is 5.75 Å². The van der Waals surface area contributed by atoms with E-state index in [0.29, 0.717) is 62.5 Å². The van der Waals surface area contributed by atoms with Gasteiger partial charge in [-0.1, -0.05) is 25.0 Å². The van der Waals surface area contributed by atoms with Crippen molar-refractivity contribution in [2.45, 2.75) is 64.2 Å². The Balaban J connectivity index is 2.15. The molecule has 1 aliphatic carbocycles. The van der Waals surface area contributed by atoms with Crippen molar-refractivity contribution in [2.24, 2.45) is 0 Å². The predicted molar refractivity (Wildman–Crippen MR) is 105 cm³/mol. The average molecular weight is 402 g/mol. The highest BCUT2D eigenvalue weighted by Gasteiger charge is 2.33. The molecule has 0 unspecified atom stereocenters. The van der Waals surface area contributed by atoms with Gasteiger partial charge in [0.25, 0.3) is 0 Å². The van der Waals surface area contributed by atoms with Crippen molar-refractivity contribution in [3.05, 3.63) is 40.5 Å². The quantitative estimate of drug-likeness (QED) is 0.448. The Bertz CT molecular complexity index is 836. The number of unbranched alkanes of at least 4 members (excludes halogenated alkanes) is 4. The van der Waals surface area contributed by atoms with Gasteiger partial charge in [0, 0.05) is 29.6 Å². The molecule has 0 aromatic heterocycles. The zero-order chi connectivity index (χ0) is 21.4. The van der Waals surface area contributed by atoms with Gasteiger partial charge in [-0.2, -0.15) is 0 Å². The molecule has 0 atom stereocenters. The first-order chi connectivity index (χ1) is 13.8. The van der Waals surface area contributed by atoms with Gasteiger partial charge in [-0.3, -0.25) is 19.2 Å². The largest absolute Gasteiger partial charge is 0.507 e. The summed E-state index contributed by atoms with van der Waals surface area (Å²) in [7, 11) is 0. The Morgan fingerprint density at radius 1 is 0.724 bits per heavy atom. The summed E-state index contributed by atoms with van der Waals surface area (Å²) in [5.41, 5.74) is 1.05. The molecule has 0 bridgehead atoms. The van der Waals surface area contributed by atoms with Crippen LogP contribution in [-0.4, -0.2) is 38.8 Å². The molecule has 0 aliphatic heterocycles. The van der Waals surface area contributed by atoms with Crippen LogP contribution in [0, 0.1) is 0 Å². The molecule has 0 spiro atoms. The summed E-state index contributed by atoms with van der Waals surface area (Å²) in [6, 6.07) is 4.44. The number of carbonyl (C=O) groups excluding carboxylic acids is 2. The summed E-state index contributed by atoms with van der Waals surface area (Å²) in [5.74, 6) is -2.57. The third-order valence-corrected chi connectivity index (χ3v) is 5.06. The Labute approximate surface area is 169 Å². The Morgan fingerprint density at radius 2 is 1.24 bits per heavy atom. The van der Waals surface area contributed by atoms with Crippen LogP contribution in [0.15, 0.2) is 29.3 Å². The number of hydrogen-bond donors (Lipinski definition) is 3. The van der Waals surface area contributed by atoms with Crippen molar-refractivity contribution in [2.75, 3.05) is 0 Å². The van der Waals surface area contributed by atoms with Crippen molar-refractivity contribution in [3.8, 4) is 5.75 Å². The van der Waals surface area contributed by atoms with E-state index in [1.807, 2.05) is 0 Å². The van der Waals surface area contributed by atoms with Crippen LogP contribution < -0.4 is 0 Å². The first kappa shape index (κ1) is 22.3. The van der Waals surface area contributed by atoms with Crippen LogP contribution >= 0.6 is 0 Å². The lowest BCUT2D eigenvalue weighted by Gasteiger charge is -2.22. The highest BCUT2D eigenvalue weighted by atomic mass is 16.4. The molecule has 1 aromatic carbocycles. The van der Waals surface area contributed by atoms with Gasteiger partial charge in [0.2, 0.25) is 0 Å². The lowest BCUT2D eigenvalue weighted by atomic mass is 9.80. The number of phenolic OH excluding ortho intramolecular Hbond substituents is 1. The van der Waals surface area contributed by atoms with Gasteiger partial charge < -0.3 is 15.3 Å². The van der Waals surface area contributed by atoms with Crippen LogP contribution in [0.1, 0.15) is 84.9 Å². The number of allylic oxidation sites excluding steroid dienone is 2. The molecule has 7 heteroatoms. The van der Waals surface area contributed by atoms with E-state index in [1.165, 1.54) is 18.2 Å². The molecule has 0 saturated carbocycles. The maximum Gasteiger partial charge on any atom is 0.303 e. The summed E-state index contributed by atoms with van der Waals surface area (Å²) in [5, 5.41) is 27.5. The standard InChI is InChI=1S/C22H26O7/c23-17-11-7-10-16-20(17)22(29)15(9-4-2-6-13-19(26)27)14(21(16)28)8-3-1-5-12-18(24)25/h7,10-11,23H,1-6,8-9,12-13H2,(H,24,25)(H,26,27). The van der Waals surface area contributed by atoms with E-state index in [4.69, 9.17) is 10.2 Å². The molecule has 0 heterocycles. The minimum atomic E-state index is -0.867. The van der Waals surface area contributed by atoms with Gasteiger partial charge in [-0.15, -0.1) is 0 Å². The van der Waals surface area contributed by atoms with E-state index in [0.717, 1.165) is 0 Å². The molecule has 29 heavy (non-hydrogen) atoms. The van der Waals surface area contributed by atoms with E-state index >= 15 is 0 Å². The molecule has 0 radical (unpaired) electrons. The molecule has 156 valence electrons. The number of rotatable bonds is 12. The van der Waals surface area contributed by atoms with Crippen LogP contribution in [0.25, 0.3) is 0 Å². The van der Waals surface area contributed by atoms with Crippen molar-refractivity contribution in [1.29, 1.82) is 0 Å². The third kappa shape index (κ3) is 6.01. The van der Waals surface area contributed by atoms with Crippen LogP contribution in [0.5, 0.6) is 5.75 Å². The maximum atomic E-state index is 13.0. The van der Waals surface area contributed by atoms with E-state index in [1.54, 1.807) is 0 Å². The highest BCUT2D eigenvalue weighted by molar-refractivity contribution is 6.27. The van der Waals surface area contributed by atoms with Gasteiger partial charge in [0.05, 0.1) is 5.56 Å². The summed E-state index contributed by atoms with van der Waals surface area (Å²) >= 11 is 0. The zero-order valence-corrected chi connectivity index (χ0v) is 16.3. The monoisotopic (exact) mass is 402 g/mol. The van der Waals surface area contributed by atoms with Gasteiger partial charge in [0.15, 0.2) is 11.6 Å². The summed E-state index contributed by atoms with van der Waals surface area (Å²) in [6.45, 7) is 0. The number of carboxylic acid groups (broad SMARTS) is 2. The minimum absolute atomic E-state index is 0.0349. The number of aliphatic carboxylic acids is 2. The molecule has 7 nitrogen and oxygen atoms in total. The first-order valence-corrected chi connectivity index (χ1v) is 9.90. The van der Waals surface area contributed by atoms with E-state index < -0.39 is 11.9 Å². The van der Waals surface area contributed by atoms with Crippen LogP contribution in [0.3, 0.4) is 0 Å². The first-order valence-electron chi connectivity index (χ1n) is 9.90. The Hall–Kier alpha value is -2.96. The fraction of sp³-hybridized carbons (Fsp3) is 0.455. The summed E-state index contributed by atoms with van der Waals surface area (Å²) in [6.07, 6.45) is 4.29. The predicted octanol–water partition coefficient (Wildman–Crippen LogP) is 4.14.